The van der Waals surface area contributed by atoms with Crippen LogP contribution in [0.3, 0.4) is 0 Å². The zero-order valence-electron chi connectivity index (χ0n) is 18.2. The molecule has 168 valence electrons. The van der Waals surface area contributed by atoms with Crippen LogP contribution in [0.5, 0.6) is 5.75 Å². The first-order chi connectivity index (χ1) is 15.9. The van der Waals surface area contributed by atoms with E-state index >= 15 is 0 Å². The number of halogens is 1. The maximum atomic E-state index is 13.1. The van der Waals surface area contributed by atoms with E-state index < -0.39 is 11.9 Å². The van der Waals surface area contributed by atoms with Crippen molar-refractivity contribution in [3.63, 3.8) is 0 Å². The summed E-state index contributed by atoms with van der Waals surface area (Å²) in [7, 11) is 2.09. The number of pyridine rings is 2. The maximum absolute atomic E-state index is 13.1. The van der Waals surface area contributed by atoms with Gasteiger partial charge < -0.3 is 9.84 Å². The highest BCUT2D eigenvalue weighted by Crippen LogP contribution is 2.33. The van der Waals surface area contributed by atoms with Crippen molar-refractivity contribution in [3.05, 3.63) is 65.1 Å². The molecule has 1 unspecified atom stereocenters. The molecule has 33 heavy (non-hydrogen) atoms. The lowest BCUT2D eigenvalue weighted by atomic mass is 10.1. The van der Waals surface area contributed by atoms with Crippen LogP contribution < -0.4 is 4.74 Å². The van der Waals surface area contributed by atoms with Crippen molar-refractivity contribution in [1.29, 1.82) is 5.26 Å². The van der Waals surface area contributed by atoms with Gasteiger partial charge in [0.1, 0.15) is 41.4 Å². The summed E-state index contributed by atoms with van der Waals surface area (Å²) < 4.78 is 22.7. The van der Waals surface area contributed by atoms with Gasteiger partial charge >= 0.3 is 0 Å². The molecule has 10 heteroatoms. The molecule has 4 aromatic heterocycles. The fourth-order valence-corrected chi connectivity index (χ4v) is 4.09. The van der Waals surface area contributed by atoms with E-state index in [1.54, 1.807) is 4.52 Å². The average molecular weight is 447 g/mol. The molecular weight excluding hydrogens is 425 g/mol. The van der Waals surface area contributed by atoms with Crippen molar-refractivity contribution in [2.45, 2.75) is 26.1 Å². The van der Waals surface area contributed by atoms with E-state index in [4.69, 9.17) is 9.84 Å². The van der Waals surface area contributed by atoms with Gasteiger partial charge in [-0.25, -0.2) is 8.91 Å². The summed E-state index contributed by atoms with van der Waals surface area (Å²) in [5.74, 6) is -0.0891. The number of ether oxygens (including phenoxy) is 1. The highest BCUT2D eigenvalue weighted by molar-refractivity contribution is 5.75. The highest BCUT2D eigenvalue weighted by Gasteiger charge is 2.23. The number of nitrogens with zero attached hydrogens (tertiary/aromatic N) is 7. The highest BCUT2D eigenvalue weighted by atomic mass is 19.1. The van der Waals surface area contributed by atoms with E-state index in [1.165, 1.54) is 18.3 Å². The molecule has 1 aliphatic heterocycles. The predicted octanol–water partition coefficient (Wildman–Crippen LogP) is 2.47. The summed E-state index contributed by atoms with van der Waals surface area (Å²) in [6.07, 6.45) is 3.28. The third-order valence-corrected chi connectivity index (χ3v) is 5.89. The lowest BCUT2D eigenvalue weighted by Gasteiger charge is -2.23. The molecular formula is C23H22FN7O2. The van der Waals surface area contributed by atoms with E-state index in [0.717, 1.165) is 48.3 Å². The molecule has 0 saturated carbocycles. The number of aromatic nitrogens is 5. The molecule has 0 fully saturated rings. The standard InChI is InChI=1S/C23H22FN7O2/c1-14-19-12-29(2)5-6-30(19)28-22(14)15-7-21(23-16(8-25)9-27-31(23)11-15)33-13-20(32)18-4-3-17(24)10-26-18/h3-4,7,9-11,20,32H,5-6,12-13H2,1-2H3. The van der Waals surface area contributed by atoms with Gasteiger partial charge in [0.15, 0.2) is 0 Å². The van der Waals surface area contributed by atoms with Gasteiger partial charge in [0, 0.05) is 24.8 Å². The zero-order chi connectivity index (χ0) is 23.1. The van der Waals surface area contributed by atoms with Crippen LogP contribution in [0.4, 0.5) is 4.39 Å². The molecule has 0 amide bonds. The van der Waals surface area contributed by atoms with Crippen molar-refractivity contribution in [2.75, 3.05) is 20.2 Å². The number of aliphatic hydroxyl groups is 1. The predicted molar refractivity (Wildman–Crippen MR) is 117 cm³/mol. The Kier molecular flexibility index (Phi) is 5.28. The minimum atomic E-state index is -1.07. The Hall–Kier alpha value is -3.81. The van der Waals surface area contributed by atoms with Crippen LogP contribution >= 0.6 is 0 Å². The lowest BCUT2D eigenvalue weighted by molar-refractivity contribution is 0.105. The monoisotopic (exact) mass is 447 g/mol. The van der Waals surface area contributed by atoms with Gasteiger partial charge in [0.25, 0.3) is 0 Å². The summed E-state index contributed by atoms with van der Waals surface area (Å²) in [5.41, 5.74) is 5.00. The first-order valence-electron chi connectivity index (χ1n) is 10.5. The molecule has 1 atom stereocenters. The Labute approximate surface area is 189 Å². The van der Waals surface area contributed by atoms with Gasteiger partial charge in [0.2, 0.25) is 0 Å². The van der Waals surface area contributed by atoms with Crippen LogP contribution in [-0.2, 0) is 13.1 Å². The smallest absolute Gasteiger partial charge is 0.147 e. The van der Waals surface area contributed by atoms with Crippen molar-refractivity contribution < 1.29 is 14.2 Å². The van der Waals surface area contributed by atoms with Gasteiger partial charge in [-0.2, -0.15) is 15.5 Å². The summed E-state index contributed by atoms with van der Waals surface area (Å²) >= 11 is 0. The Morgan fingerprint density at radius 1 is 1.30 bits per heavy atom. The van der Waals surface area contributed by atoms with E-state index in [2.05, 4.69) is 28.1 Å². The molecule has 9 nitrogen and oxygen atoms in total. The second-order valence-corrected chi connectivity index (χ2v) is 8.17. The molecule has 0 bridgehead atoms. The van der Waals surface area contributed by atoms with Crippen LogP contribution in [0.25, 0.3) is 16.8 Å². The number of hydrogen-bond donors (Lipinski definition) is 1. The van der Waals surface area contributed by atoms with E-state index in [0.29, 0.717) is 22.5 Å². The van der Waals surface area contributed by atoms with Crippen LogP contribution in [0, 0.1) is 24.1 Å². The summed E-state index contributed by atoms with van der Waals surface area (Å²) in [6.45, 7) is 4.49. The molecule has 5 rings (SSSR count). The second-order valence-electron chi connectivity index (χ2n) is 8.17. The molecule has 1 N–H and O–H groups in total. The number of rotatable bonds is 5. The SMILES string of the molecule is Cc1c(-c2cc(OCC(O)c3ccc(F)cn3)c3c(C#N)cnn3c2)nn2c1CN(C)CC2. The molecule has 0 aromatic carbocycles. The van der Waals surface area contributed by atoms with E-state index in [9.17, 15) is 14.8 Å². The molecule has 4 aromatic rings. The van der Waals surface area contributed by atoms with Crippen LogP contribution in [0.2, 0.25) is 0 Å². The Balaban J connectivity index is 1.52. The van der Waals surface area contributed by atoms with Crippen molar-refractivity contribution >= 4 is 5.52 Å². The number of likely N-dealkylation sites (N-methyl/N-ethyl adjacent to an activating group) is 1. The molecule has 0 radical (unpaired) electrons. The van der Waals surface area contributed by atoms with E-state index in [1.807, 2.05) is 23.9 Å². The van der Waals surface area contributed by atoms with Gasteiger partial charge in [0.05, 0.1) is 36.0 Å². The zero-order valence-corrected chi connectivity index (χ0v) is 18.2. The number of nitriles is 1. The fraction of sp³-hybridized carbons (Fsp3) is 0.304. The Bertz CT molecular complexity index is 1370. The molecule has 0 saturated heterocycles. The number of hydrogen-bond acceptors (Lipinski definition) is 7. The minimum Gasteiger partial charge on any atom is -0.488 e. The van der Waals surface area contributed by atoms with Crippen LogP contribution in [0.15, 0.2) is 36.8 Å². The summed E-state index contributed by atoms with van der Waals surface area (Å²) in [4.78, 5) is 6.16. The second kappa shape index (κ2) is 8.27. The topological polar surface area (TPSA) is 104 Å². The normalized spacial score (nSPS) is 14.8. The molecule has 0 spiro atoms. The average Bonchev–Trinajstić information content (AvgIpc) is 3.38. The van der Waals surface area contributed by atoms with Crippen molar-refractivity contribution in [2.24, 2.45) is 0 Å². The van der Waals surface area contributed by atoms with Crippen LogP contribution in [-0.4, -0.2) is 54.6 Å². The number of aliphatic hydroxyl groups excluding tert-OH is 1. The Morgan fingerprint density at radius 2 is 2.15 bits per heavy atom. The van der Waals surface area contributed by atoms with Crippen molar-refractivity contribution in [1.82, 2.24) is 29.3 Å². The van der Waals surface area contributed by atoms with Crippen LogP contribution in [0.1, 0.15) is 28.6 Å². The lowest BCUT2D eigenvalue weighted by Crippen LogP contribution is -2.30. The van der Waals surface area contributed by atoms with Gasteiger partial charge in [-0.3, -0.25) is 14.6 Å². The summed E-state index contributed by atoms with van der Waals surface area (Å²) in [5, 5.41) is 29.1. The molecule has 5 heterocycles. The maximum Gasteiger partial charge on any atom is 0.147 e. The largest absolute Gasteiger partial charge is 0.488 e. The number of fused-ring (bicyclic) bond motifs is 2. The first kappa shape index (κ1) is 21.1. The van der Waals surface area contributed by atoms with Gasteiger partial charge in [-0.05, 0) is 37.7 Å². The van der Waals surface area contributed by atoms with Gasteiger partial charge in [-0.1, -0.05) is 0 Å². The Morgan fingerprint density at radius 3 is 2.91 bits per heavy atom. The van der Waals surface area contributed by atoms with Gasteiger partial charge in [-0.15, -0.1) is 0 Å². The third-order valence-electron chi connectivity index (χ3n) is 5.89. The third kappa shape index (κ3) is 3.82. The molecule has 0 aliphatic carbocycles. The van der Waals surface area contributed by atoms with E-state index in [-0.39, 0.29) is 6.61 Å². The summed E-state index contributed by atoms with van der Waals surface area (Å²) in [6, 6.07) is 6.58. The fourth-order valence-electron chi connectivity index (χ4n) is 4.09. The van der Waals surface area contributed by atoms with Crippen molar-refractivity contribution in [3.8, 4) is 23.1 Å². The molecule has 1 aliphatic rings. The quantitative estimate of drug-likeness (QED) is 0.501. The minimum absolute atomic E-state index is 0.128. The first-order valence-corrected chi connectivity index (χ1v) is 10.5.